The maximum atomic E-state index is 11.0. The first-order chi connectivity index (χ1) is 17.0. The van der Waals surface area contributed by atoms with Gasteiger partial charge in [0, 0.05) is 55.2 Å². The molecule has 0 spiro atoms. The zero-order valence-electron chi connectivity index (χ0n) is 20.7. The molecule has 0 aliphatic rings. The van der Waals surface area contributed by atoms with E-state index in [1.165, 1.54) is 16.6 Å². The van der Waals surface area contributed by atoms with Crippen molar-refractivity contribution < 1.29 is 14.9 Å². The van der Waals surface area contributed by atoms with Gasteiger partial charge >= 0.3 is 0 Å². The first kappa shape index (κ1) is 25.0. The molecule has 4 aromatic rings. The number of benzene rings is 2. The highest BCUT2D eigenvalue weighted by Crippen LogP contribution is 2.25. The first-order valence-corrected chi connectivity index (χ1v) is 12.3. The molecule has 2 heterocycles. The Hall–Kier alpha value is -3.13. The Labute approximate surface area is 207 Å². The van der Waals surface area contributed by atoms with Gasteiger partial charge in [0.2, 0.25) is 0 Å². The summed E-state index contributed by atoms with van der Waals surface area (Å²) in [5.74, 6) is 0.827. The monoisotopic (exact) mass is 476 g/mol. The first-order valence-electron chi connectivity index (χ1n) is 12.3. The van der Waals surface area contributed by atoms with E-state index in [1.54, 1.807) is 6.20 Å². The van der Waals surface area contributed by atoms with E-state index in [1.807, 2.05) is 35.1 Å². The fraction of sp³-hybridized carbons (Fsp3) is 0.393. The van der Waals surface area contributed by atoms with Crippen molar-refractivity contribution in [3.63, 3.8) is 0 Å². The maximum Gasteiger partial charge on any atom is 0.119 e. The second-order valence-electron chi connectivity index (χ2n) is 9.07. The van der Waals surface area contributed by atoms with Crippen molar-refractivity contribution in [2.45, 2.75) is 46.0 Å². The van der Waals surface area contributed by atoms with Crippen LogP contribution in [0.5, 0.6) is 5.75 Å². The van der Waals surface area contributed by atoms with Gasteiger partial charge in [-0.05, 0) is 55.7 Å². The molecular formula is C28H36N4O3. The van der Waals surface area contributed by atoms with Gasteiger partial charge < -0.3 is 19.5 Å². The predicted molar refractivity (Wildman–Crippen MR) is 139 cm³/mol. The summed E-state index contributed by atoms with van der Waals surface area (Å²) in [6.07, 6.45) is 3.83. The third-order valence-corrected chi connectivity index (χ3v) is 6.52. The van der Waals surface area contributed by atoms with Crippen molar-refractivity contribution in [2.24, 2.45) is 0 Å². The molecular weight excluding hydrogens is 440 g/mol. The van der Waals surface area contributed by atoms with Crippen LogP contribution in [0.4, 0.5) is 0 Å². The summed E-state index contributed by atoms with van der Waals surface area (Å²) < 4.78 is 9.90. The number of hydrogen-bond acceptors (Lipinski definition) is 5. The third-order valence-electron chi connectivity index (χ3n) is 6.52. The quantitative estimate of drug-likeness (QED) is 0.307. The molecule has 0 radical (unpaired) electrons. The van der Waals surface area contributed by atoms with E-state index in [9.17, 15) is 10.2 Å². The fourth-order valence-electron chi connectivity index (χ4n) is 4.57. The van der Waals surface area contributed by atoms with Crippen LogP contribution in [-0.2, 0) is 19.6 Å². The molecule has 0 aliphatic carbocycles. The Kier molecular flexibility index (Phi) is 8.58. The second-order valence-corrected chi connectivity index (χ2v) is 9.07. The van der Waals surface area contributed by atoms with Crippen molar-refractivity contribution in [3.8, 4) is 5.75 Å². The Morgan fingerprint density at radius 3 is 2.60 bits per heavy atom. The molecule has 35 heavy (non-hydrogen) atoms. The molecule has 7 heteroatoms. The zero-order valence-corrected chi connectivity index (χ0v) is 20.7. The van der Waals surface area contributed by atoms with Gasteiger partial charge in [-0.2, -0.15) is 5.10 Å². The number of rotatable bonds is 13. The minimum Gasteiger partial charge on any atom is -0.492 e. The molecule has 0 amide bonds. The van der Waals surface area contributed by atoms with E-state index in [0.717, 1.165) is 23.4 Å². The molecule has 2 aromatic heterocycles. The van der Waals surface area contributed by atoms with Gasteiger partial charge in [-0.25, -0.2) is 0 Å². The predicted octanol–water partition coefficient (Wildman–Crippen LogP) is 3.78. The lowest BCUT2D eigenvalue weighted by molar-refractivity contribution is 0.0909. The van der Waals surface area contributed by atoms with Gasteiger partial charge in [0.15, 0.2) is 0 Å². The lowest BCUT2D eigenvalue weighted by Gasteiger charge is -2.26. The highest BCUT2D eigenvalue weighted by atomic mass is 16.5. The molecule has 0 saturated heterocycles. The number of hydrogen-bond donors (Lipinski definition) is 2. The number of nitrogens with zero attached hydrogens (tertiary/aromatic N) is 4. The van der Waals surface area contributed by atoms with Gasteiger partial charge in [-0.15, -0.1) is 0 Å². The van der Waals surface area contributed by atoms with Crippen LogP contribution < -0.4 is 4.74 Å². The highest BCUT2D eigenvalue weighted by Gasteiger charge is 2.17. The van der Waals surface area contributed by atoms with Gasteiger partial charge in [0.1, 0.15) is 12.4 Å². The standard InChI is InChI=1S/C28H36N4O3/c1-22-23(2)32(28-8-4-3-7-27(22)28)21-25(34)20-30(14-6-17-33)19-24-9-11-26(12-10-24)35-18-16-31-15-5-13-29-31/h3-5,7-13,15,25,33-34H,6,14,16-21H2,1-2H3/t25-/m0/s1. The summed E-state index contributed by atoms with van der Waals surface area (Å²) >= 11 is 0. The van der Waals surface area contributed by atoms with E-state index in [0.29, 0.717) is 39.2 Å². The van der Waals surface area contributed by atoms with E-state index >= 15 is 0 Å². The Morgan fingerprint density at radius 1 is 1.06 bits per heavy atom. The summed E-state index contributed by atoms with van der Waals surface area (Å²) in [4.78, 5) is 2.21. The summed E-state index contributed by atoms with van der Waals surface area (Å²) in [7, 11) is 0. The Balaban J connectivity index is 1.35. The van der Waals surface area contributed by atoms with Crippen LogP contribution in [0.2, 0.25) is 0 Å². The van der Waals surface area contributed by atoms with Crippen LogP contribution in [0.15, 0.2) is 67.0 Å². The molecule has 1 atom stereocenters. The average molecular weight is 477 g/mol. The van der Waals surface area contributed by atoms with Crippen LogP contribution in [0.1, 0.15) is 23.2 Å². The number of para-hydroxylation sites is 1. The Morgan fingerprint density at radius 2 is 1.86 bits per heavy atom. The van der Waals surface area contributed by atoms with Crippen LogP contribution in [0, 0.1) is 13.8 Å². The van der Waals surface area contributed by atoms with Crippen LogP contribution >= 0.6 is 0 Å². The molecule has 0 fully saturated rings. The second kappa shape index (κ2) is 12.0. The smallest absolute Gasteiger partial charge is 0.119 e. The van der Waals surface area contributed by atoms with Crippen molar-refractivity contribution in [1.29, 1.82) is 0 Å². The maximum absolute atomic E-state index is 11.0. The van der Waals surface area contributed by atoms with Crippen molar-refractivity contribution in [2.75, 3.05) is 26.3 Å². The Bertz CT molecular complexity index is 1190. The lowest BCUT2D eigenvalue weighted by atomic mass is 10.2. The minimum absolute atomic E-state index is 0.135. The summed E-state index contributed by atoms with van der Waals surface area (Å²) in [6.45, 7) is 8.15. The largest absolute Gasteiger partial charge is 0.492 e. The van der Waals surface area contributed by atoms with Crippen molar-refractivity contribution in [3.05, 3.63) is 83.8 Å². The molecule has 4 rings (SSSR count). The molecule has 0 unspecified atom stereocenters. The molecule has 0 aliphatic heterocycles. The topological polar surface area (TPSA) is 75.7 Å². The van der Waals surface area contributed by atoms with Gasteiger partial charge in [0.05, 0.1) is 19.2 Å². The number of aryl methyl sites for hydroxylation is 1. The van der Waals surface area contributed by atoms with E-state index in [-0.39, 0.29) is 6.61 Å². The van der Waals surface area contributed by atoms with E-state index in [4.69, 9.17) is 4.74 Å². The number of aliphatic hydroxyl groups excluding tert-OH is 2. The molecule has 7 nitrogen and oxygen atoms in total. The number of fused-ring (bicyclic) bond motifs is 1. The molecule has 0 bridgehead atoms. The third kappa shape index (κ3) is 6.51. The van der Waals surface area contributed by atoms with Crippen LogP contribution in [0.3, 0.4) is 0 Å². The SMILES string of the molecule is Cc1c(C)n(C[C@@H](O)CN(CCCO)Cc2ccc(OCCn3cccn3)cc2)c2ccccc12. The van der Waals surface area contributed by atoms with E-state index < -0.39 is 6.10 Å². The van der Waals surface area contributed by atoms with E-state index in [2.05, 4.69) is 58.7 Å². The molecule has 0 saturated carbocycles. The normalized spacial score (nSPS) is 12.5. The van der Waals surface area contributed by atoms with Gasteiger partial charge in [-0.1, -0.05) is 30.3 Å². The van der Waals surface area contributed by atoms with Crippen molar-refractivity contribution in [1.82, 2.24) is 19.2 Å². The van der Waals surface area contributed by atoms with Crippen LogP contribution in [-0.4, -0.2) is 61.9 Å². The molecule has 2 aromatic carbocycles. The summed E-state index contributed by atoms with van der Waals surface area (Å²) in [6, 6.07) is 18.3. The number of aromatic nitrogens is 3. The highest BCUT2D eigenvalue weighted by molar-refractivity contribution is 5.85. The summed E-state index contributed by atoms with van der Waals surface area (Å²) in [5.41, 5.74) is 4.76. The fourth-order valence-corrected chi connectivity index (χ4v) is 4.57. The molecule has 186 valence electrons. The minimum atomic E-state index is -0.521. The van der Waals surface area contributed by atoms with Crippen molar-refractivity contribution >= 4 is 10.9 Å². The summed E-state index contributed by atoms with van der Waals surface area (Å²) in [5, 5.41) is 25.8. The zero-order chi connectivity index (χ0) is 24.6. The van der Waals surface area contributed by atoms with Gasteiger partial charge in [-0.3, -0.25) is 9.58 Å². The number of aliphatic hydroxyl groups is 2. The average Bonchev–Trinajstić information content (AvgIpc) is 3.47. The van der Waals surface area contributed by atoms with Gasteiger partial charge in [0.25, 0.3) is 0 Å². The number of ether oxygens (including phenoxy) is 1. The lowest BCUT2D eigenvalue weighted by Crippen LogP contribution is -2.35. The molecule has 2 N–H and O–H groups in total. The van der Waals surface area contributed by atoms with Crippen LogP contribution in [0.25, 0.3) is 10.9 Å².